The third-order valence-electron chi connectivity index (χ3n) is 1.73. The van der Waals surface area contributed by atoms with Crippen LogP contribution in [0.1, 0.15) is 19.8 Å². The van der Waals surface area contributed by atoms with Crippen LogP contribution in [0, 0.1) is 5.41 Å². The number of alkyl halides is 1. The van der Waals surface area contributed by atoms with Crippen LogP contribution in [0.25, 0.3) is 0 Å². The molecule has 0 aliphatic heterocycles. The van der Waals surface area contributed by atoms with Crippen LogP contribution in [0.4, 0.5) is 4.39 Å². The average Bonchev–Trinajstić information content (AvgIpc) is 2.11. The second-order valence-electron chi connectivity index (χ2n) is 2.84. The van der Waals surface area contributed by atoms with Gasteiger partial charge < -0.3 is 16.4 Å². The number of unbranched alkanes of at least 4 members (excludes halogenated alkanes) is 1. The van der Waals surface area contributed by atoms with Crippen LogP contribution < -0.4 is 11.5 Å². The highest BCUT2D eigenvalue weighted by atomic mass is 19.1. The first-order valence-electron chi connectivity index (χ1n) is 4.60. The van der Waals surface area contributed by atoms with Gasteiger partial charge in [-0.2, -0.15) is 4.99 Å². The molecule has 5 nitrogen and oxygen atoms in total. The van der Waals surface area contributed by atoms with E-state index in [1.807, 2.05) is 6.92 Å². The Hall–Kier alpha value is -1.33. The fourth-order valence-electron chi connectivity index (χ4n) is 1.00. The smallest absolute Gasteiger partial charge is 0.220 e. The molecule has 0 aromatic rings. The van der Waals surface area contributed by atoms with Crippen molar-refractivity contribution in [2.24, 2.45) is 16.5 Å². The number of nitrogens with one attached hydrogen (secondary N) is 1. The van der Waals surface area contributed by atoms with E-state index in [4.69, 9.17) is 16.9 Å². The maximum absolute atomic E-state index is 11.8. The number of nitrogens with zero attached hydrogens (tertiary/aromatic N) is 2. The van der Waals surface area contributed by atoms with Crippen molar-refractivity contribution >= 4 is 11.9 Å². The molecule has 0 fully saturated rings. The maximum Gasteiger partial charge on any atom is 0.220 e. The highest BCUT2D eigenvalue weighted by Crippen LogP contribution is 1.97. The molecule has 0 atom stereocenters. The molecule has 0 aromatic heterocycles. The molecule has 0 saturated heterocycles. The van der Waals surface area contributed by atoms with E-state index in [0.29, 0.717) is 25.9 Å². The van der Waals surface area contributed by atoms with Crippen molar-refractivity contribution in [1.29, 1.82) is 5.41 Å². The van der Waals surface area contributed by atoms with Crippen molar-refractivity contribution in [2.75, 3.05) is 19.8 Å². The van der Waals surface area contributed by atoms with Crippen molar-refractivity contribution in [1.82, 2.24) is 4.90 Å². The molecular formula is C8H18FN5. The third kappa shape index (κ3) is 5.34. The molecule has 0 heterocycles. The first kappa shape index (κ1) is 12.7. The van der Waals surface area contributed by atoms with Gasteiger partial charge in [0.2, 0.25) is 5.96 Å². The topological polar surface area (TPSA) is 91.5 Å². The number of guanidine groups is 2. The molecule has 0 bridgehead atoms. The largest absolute Gasteiger partial charge is 0.370 e. The summed E-state index contributed by atoms with van der Waals surface area (Å²) in [4.78, 5) is 5.30. The van der Waals surface area contributed by atoms with Crippen LogP contribution in [-0.2, 0) is 0 Å². The lowest BCUT2D eigenvalue weighted by Gasteiger charge is -2.20. The minimum Gasteiger partial charge on any atom is -0.370 e. The summed E-state index contributed by atoms with van der Waals surface area (Å²) < 4.78 is 11.8. The van der Waals surface area contributed by atoms with Gasteiger partial charge in [-0.15, -0.1) is 0 Å². The molecule has 14 heavy (non-hydrogen) atoms. The Morgan fingerprint density at radius 3 is 2.50 bits per heavy atom. The molecule has 82 valence electrons. The number of hydrogen-bond acceptors (Lipinski definition) is 1. The van der Waals surface area contributed by atoms with Crippen LogP contribution in [0.2, 0.25) is 0 Å². The predicted octanol–water partition coefficient (Wildman–Crippen LogP) is 0.266. The van der Waals surface area contributed by atoms with Crippen molar-refractivity contribution in [2.45, 2.75) is 19.8 Å². The van der Waals surface area contributed by atoms with E-state index in [1.165, 1.54) is 0 Å². The Bertz CT molecular complexity index is 200. The summed E-state index contributed by atoms with van der Waals surface area (Å²) >= 11 is 0. The molecule has 0 unspecified atom stereocenters. The molecule has 0 rings (SSSR count). The minimum atomic E-state index is -0.326. The van der Waals surface area contributed by atoms with Crippen molar-refractivity contribution < 1.29 is 4.39 Å². The number of aliphatic imine (C=N–C) groups is 1. The normalized spacial score (nSPS) is 9.57. The summed E-state index contributed by atoms with van der Waals surface area (Å²) in [5, 5.41) is 7.50. The van der Waals surface area contributed by atoms with Gasteiger partial charge in [0.1, 0.15) is 0 Å². The number of rotatable bonds is 5. The van der Waals surface area contributed by atoms with Crippen LogP contribution >= 0.6 is 0 Å². The zero-order chi connectivity index (χ0) is 11.0. The molecule has 0 aromatic carbocycles. The van der Waals surface area contributed by atoms with Gasteiger partial charge in [0.25, 0.3) is 0 Å². The van der Waals surface area contributed by atoms with E-state index in [2.05, 4.69) is 4.99 Å². The third-order valence-corrected chi connectivity index (χ3v) is 1.73. The van der Waals surface area contributed by atoms with Gasteiger partial charge in [-0.3, -0.25) is 9.80 Å². The second-order valence-corrected chi connectivity index (χ2v) is 2.84. The second kappa shape index (κ2) is 7.11. The number of halogens is 1. The molecule has 0 aliphatic rings. The van der Waals surface area contributed by atoms with Crippen molar-refractivity contribution in [3.8, 4) is 0 Å². The summed E-state index contributed by atoms with van der Waals surface area (Å²) in [6.07, 6.45) is 1.21. The molecule has 5 N–H and O–H groups in total. The summed E-state index contributed by atoms with van der Waals surface area (Å²) in [6, 6.07) is 0. The quantitative estimate of drug-likeness (QED) is 0.340. The van der Waals surface area contributed by atoms with Gasteiger partial charge in [-0.25, -0.2) is 0 Å². The number of nitrogens with two attached hydrogens (primary N) is 2. The van der Waals surface area contributed by atoms with Gasteiger partial charge in [0.05, 0.1) is 6.67 Å². The monoisotopic (exact) mass is 203 g/mol. The fraction of sp³-hybridized carbons (Fsp3) is 0.750. The van der Waals surface area contributed by atoms with E-state index in [1.54, 1.807) is 4.90 Å². The molecule has 0 amide bonds. The van der Waals surface area contributed by atoms with E-state index in [9.17, 15) is 4.39 Å². The Morgan fingerprint density at radius 2 is 2.07 bits per heavy atom. The summed E-state index contributed by atoms with van der Waals surface area (Å²) in [5.41, 5.74) is 10.3. The van der Waals surface area contributed by atoms with Crippen molar-refractivity contribution in [3.63, 3.8) is 0 Å². The summed E-state index contributed by atoms with van der Waals surface area (Å²) in [7, 11) is 0. The van der Waals surface area contributed by atoms with Crippen LogP contribution in [0.3, 0.4) is 0 Å². The Labute approximate surface area is 83.5 Å². The molecule has 6 heteroatoms. The first-order valence-corrected chi connectivity index (χ1v) is 4.60. The van der Waals surface area contributed by atoms with Crippen LogP contribution in [0.5, 0.6) is 0 Å². The van der Waals surface area contributed by atoms with E-state index >= 15 is 0 Å². The molecular weight excluding hydrogens is 185 g/mol. The molecule has 0 spiro atoms. The highest BCUT2D eigenvalue weighted by Gasteiger charge is 2.05. The zero-order valence-corrected chi connectivity index (χ0v) is 8.46. The van der Waals surface area contributed by atoms with Gasteiger partial charge in [-0.1, -0.05) is 0 Å². The fourth-order valence-corrected chi connectivity index (χ4v) is 1.00. The molecule has 0 saturated carbocycles. The number of hydrogen-bond donors (Lipinski definition) is 3. The minimum absolute atomic E-state index is 0.0337. The van der Waals surface area contributed by atoms with Gasteiger partial charge in [0, 0.05) is 13.1 Å². The Balaban J connectivity index is 4.00. The Kier molecular flexibility index (Phi) is 6.43. The summed E-state index contributed by atoms with van der Waals surface area (Å²) in [5.74, 6) is -0.0923. The van der Waals surface area contributed by atoms with Gasteiger partial charge in [-0.05, 0) is 19.8 Å². The maximum atomic E-state index is 11.8. The SMILES string of the molecule is CCN(CCCCF)C(=N)N=C(N)N. The van der Waals surface area contributed by atoms with Gasteiger partial charge in [0.15, 0.2) is 5.96 Å². The summed E-state index contributed by atoms with van der Waals surface area (Å²) in [6.45, 7) is 2.82. The predicted molar refractivity (Wildman–Crippen MR) is 56.0 cm³/mol. The lowest BCUT2D eigenvalue weighted by molar-refractivity contribution is 0.389. The first-order chi connectivity index (χ1) is 6.61. The lowest BCUT2D eigenvalue weighted by atomic mass is 10.3. The molecule has 0 radical (unpaired) electrons. The highest BCUT2D eigenvalue weighted by molar-refractivity contribution is 5.91. The lowest BCUT2D eigenvalue weighted by Crippen LogP contribution is -2.33. The van der Waals surface area contributed by atoms with Crippen molar-refractivity contribution in [3.05, 3.63) is 0 Å². The standard InChI is InChI=1S/C8H18FN5/c1-2-14(6-4-3-5-9)8(12)13-7(10)11/h2-6H2,1H3,(H5,10,11,12,13). The Morgan fingerprint density at radius 1 is 1.43 bits per heavy atom. The average molecular weight is 203 g/mol. The van der Waals surface area contributed by atoms with Crippen LogP contribution in [0.15, 0.2) is 4.99 Å². The molecule has 0 aliphatic carbocycles. The van der Waals surface area contributed by atoms with E-state index in [0.717, 1.165) is 0 Å². The zero-order valence-electron chi connectivity index (χ0n) is 8.46. The van der Waals surface area contributed by atoms with Gasteiger partial charge >= 0.3 is 0 Å². The van der Waals surface area contributed by atoms with E-state index in [-0.39, 0.29) is 18.6 Å². The van der Waals surface area contributed by atoms with E-state index < -0.39 is 0 Å². The van der Waals surface area contributed by atoms with Crippen LogP contribution in [-0.4, -0.2) is 36.6 Å².